The van der Waals surface area contributed by atoms with Crippen molar-refractivity contribution in [3.8, 4) is 0 Å². The van der Waals surface area contributed by atoms with Crippen molar-refractivity contribution in [2.75, 3.05) is 4.90 Å². The fourth-order valence-electron chi connectivity index (χ4n) is 4.17. The summed E-state index contributed by atoms with van der Waals surface area (Å²) in [6.07, 6.45) is 21.0. The first-order valence-electron chi connectivity index (χ1n) is 16.0. The van der Waals surface area contributed by atoms with Crippen LogP contribution in [0.25, 0.3) is 0 Å². The summed E-state index contributed by atoms with van der Waals surface area (Å²) in [5, 5.41) is 0. The lowest BCUT2D eigenvalue weighted by Gasteiger charge is -2.18. The number of unbranched alkanes of at least 4 members (excludes halogenated alkanes) is 1. The predicted molar refractivity (Wildman–Crippen MR) is 193 cm³/mol. The number of hydrogen-bond acceptors (Lipinski definition) is 1. The van der Waals surface area contributed by atoms with E-state index < -0.39 is 0 Å². The van der Waals surface area contributed by atoms with Gasteiger partial charge in [-0.25, -0.2) is 0 Å². The van der Waals surface area contributed by atoms with E-state index in [1.165, 1.54) is 46.3 Å². The van der Waals surface area contributed by atoms with Gasteiger partial charge in [-0.2, -0.15) is 0 Å². The summed E-state index contributed by atoms with van der Waals surface area (Å²) < 4.78 is 0. The van der Waals surface area contributed by atoms with Crippen LogP contribution < -0.4 is 4.90 Å². The summed E-state index contributed by atoms with van der Waals surface area (Å²) in [5.74, 6) is 0. The molecule has 0 radical (unpaired) electrons. The highest BCUT2D eigenvalue weighted by atomic mass is 15.1. The molecule has 1 heteroatoms. The van der Waals surface area contributed by atoms with Crippen LogP contribution in [-0.4, -0.2) is 0 Å². The van der Waals surface area contributed by atoms with E-state index in [0.29, 0.717) is 0 Å². The van der Waals surface area contributed by atoms with Crippen LogP contribution in [0.5, 0.6) is 0 Å². The lowest BCUT2D eigenvalue weighted by atomic mass is 10.1. The topological polar surface area (TPSA) is 3.24 Å². The number of benzene rings is 3. The molecule has 0 spiro atoms. The van der Waals surface area contributed by atoms with E-state index in [-0.39, 0.29) is 0 Å². The summed E-state index contributed by atoms with van der Waals surface area (Å²) in [6.45, 7) is 20.8. The van der Waals surface area contributed by atoms with E-state index >= 15 is 0 Å². The molecule has 228 valence electrons. The Balaban J connectivity index is 0.000000575. The molecule has 0 unspecified atom stereocenters. The highest BCUT2D eigenvalue weighted by molar-refractivity contribution is 5.53. The lowest BCUT2D eigenvalue weighted by Crippen LogP contribution is -2.14. The molecule has 0 saturated heterocycles. The standard InChI is InChI=1S/C16H17N.C9H12.C8H14.C6H10.C2H6/c1-2-13-6-5-9-16(10-13)17-11-14-7-3-4-8-15(14)12-17;1-3-9-7-5-4-6-8(9)2;1-3-5-7-8-6-4-2;1-3-5-6-4-2;1-2/h3-10H,2,11-12H2,1H3;4-7H,3H2,1-2H3;3,5,7-8H,4,6H2,1-2H3;3-6H,1-2H3;1-2H3/b;;5-3?,8-7-;5-3-,6-4-;. The van der Waals surface area contributed by atoms with Gasteiger partial charge in [-0.05, 0) is 86.9 Å². The molecule has 1 nitrogen and oxygen atoms in total. The summed E-state index contributed by atoms with van der Waals surface area (Å²) in [6, 6.07) is 26.1. The Bertz CT molecular complexity index is 1140. The first-order chi connectivity index (χ1) is 20.5. The van der Waals surface area contributed by atoms with Crippen LogP contribution in [0.15, 0.2) is 121 Å². The van der Waals surface area contributed by atoms with Gasteiger partial charge >= 0.3 is 0 Å². The van der Waals surface area contributed by atoms with Crippen molar-refractivity contribution in [3.05, 3.63) is 149 Å². The molecule has 3 aromatic rings. The number of allylic oxidation sites excluding steroid dienone is 8. The lowest BCUT2D eigenvalue weighted by molar-refractivity contribution is 0.878. The molecule has 0 amide bonds. The Labute approximate surface area is 260 Å². The highest BCUT2D eigenvalue weighted by Crippen LogP contribution is 2.28. The van der Waals surface area contributed by atoms with Gasteiger partial charge in [0.2, 0.25) is 0 Å². The van der Waals surface area contributed by atoms with Crippen LogP contribution in [0, 0.1) is 6.92 Å². The van der Waals surface area contributed by atoms with E-state index in [2.05, 4.69) is 124 Å². The molecule has 1 heterocycles. The number of nitrogens with zero attached hydrogens (tertiary/aromatic N) is 1. The summed E-state index contributed by atoms with van der Waals surface area (Å²) in [4.78, 5) is 2.45. The fourth-order valence-corrected chi connectivity index (χ4v) is 4.17. The van der Waals surface area contributed by atoms with E-state index in [0.717, 1.165) is 25.9 Å². The summed E-state index contributed by atoms with van der Waals surface area (Å²) in [5.41, 5.74) is 8.56. The number of aryl methyl sites for hydroxylation is 3. The van der Waals surface area contributed by atoms with E-state index in [1.807, 2.05) is 65.0 Å². The van der Waals surface area contributed by atoms with E-state index in [4.69, 9.17) is 0 Å². The molecule has 0 aromatic heterocycles. The number of hydrogen-bond donors (Lipinski definition) is 0. The largest absolute Gasteiger partial charge is 0.363 e. The maximum Gasteiger partial charge on any atom is 0.0436 e. The van der Waals surface area contributed by atoms with Crippen LogP contribution in [0.2, 0.25) is 0 Å². The molecule has 0 atom stereocenters. The Morgan fingerprint density at radius 2 is 1.19 bits per heavy atom. The second-order valence-corrected chi connectivity index (χ2v) is 9.72. The van der Waals surface area contributed by atoms with Gasteiger partial charge in [0.15, 0.2) is 0 Å². The van der Waals surface area contributed by atoms with Crippen LogP contribution >= 0.6 is 0 Å². The average molecular weight is 566 g/mol. The summed E-state index contributed by atoms with van der Waals surface area (Å²) in [7, 11) is 0. The van der Waals surface area contributed by atoms with E-state index in [9.17, 15) is 0 Å². The van der Waals surface area contributed by atoms with Crippen molar-refractivity contribution < 1.29 is 0 Å². The molecule has 1 aliphatic rings. The third kappa shape index (κ3) is 16.6. The molecule has 4 rings (SSSR count). The first kappa shape index (κ1) is 38.4. The first-order valence-corrected chi connectivity index (χ1v) is 16.0. The molecular formula is C41H59N. The van der Waals surface area contributed by atoms with Gasteiger partial charge in [0.1, 0.15) is 0 Å². The maximum atomic E-state index is 2.45. The van der Waals surface area contributed by atoms with Crippen molar-refractivity contribution in [3.63, 3.8) is 0 Å². The van der Waals surface area contributed by atoms with Gasteiger partial charge in [0.05, 0.1) is 0 Å². The second-order valence-electron chi connectivity index (χ2n) is 9.72. The minimum atomic E-state index is 1.04. The summed E-state index contributed by atoms with van der Waals surface area (Å²) >= 11 is 0. The molecule has 1 aliphatic heterocycles. The van der Waals surface area contributed by atoms with Crippen LogP contribution in [0.3, 0.4) is 0 Å². The minimum absolute atomic E-state index is 1.04. The van der Waals surface area contributed by atoms with Gasteiger partial charge in [0.25, 0.3) is 0 Å². The zero-order valence-corrected chi connectivity index (χ0v) is 28.2. The Morgan fingerprint density at radius 3 is 1.67 bits per heavy atom. The highest BCUT2D eigenvalue weighted by Gasteiger charge is 2.18. The molecule has 0 saturated carbocycles. The monoisotopic (exact) mass is 565 g/mol. The number of fused-ring (bicyclic) bond motifs is 1. The molecule has 0 fully saturated rings. The van der Waals surface area contributed by atoms with Crippen molar-refractivity contribution in [1.29, 1.82) is 0 Å². The zero-order valence-electron chi connectivity index (χ0n) is 28.2. The molecule has 42 heavy (non-hydrogen) atoms. The Morgan fingerprint density at radius 1 is 0.643 bits per heavy atom. The third-order valence-corrected chi connectivity index (χ3v) is 6.56. The van der Waals surface area contributed by atoms with Gasteiger partial charge in [-0.1, -0.05) is 150 Å². The quantitative estimate of drug-likeness (QED) is 0.257. The molecule has 0 bridgehead atoms. The zero-order chi connectivity index (χ0) is 31.4. The average Bonchev–Trinajstić information content (AvgIpc) is 3.49. The normalized spacial score (nSPS) is 11.7. The number of anilines is 1. The minimum Gasteiger partial charge on any atom is -0.363 e. The Hall–Kier alpha value is -3.58. The fraction of sp³-hybridized carbons (Fsp3) is 0.366. The maximum absolute atomic E-state index is 2.45. The van der Waals surface area contributed by atoms with Crippen molar-refractivity contribution in [1.82, 2.24) is 0 Å². The number of rotatable bonds is 7. The van der Waals surface area contributed by atoms with Crippen LogP contribution in [0.4, 0.5) is 5.69 Å². The molecule has 3 aromatic carbocycles. The van der Waals surface area contributed by atoms with Crippen molar-refractivity contribution in [2.24, 2.45) is 0 Å². The van der Waals surface area contributed by atoms with Crippen molar-refractivity contribution in [2.45, 2.75) is 101 Å². The molecular weight excluding hydrogens is 506 g/mol. The van der Waals surface area contributed by atoms with Gasteiger partial charge in [-0.3, -0.25) is 0 Å². The smallest absolute Gasteiger partial charge is 0.0436 e. The molecule has 0 aliphatic carbocycles. The van der Waals surface area contributed by atoms with E-state index in [1.54, 1.807) is 0 Å². The second kappa shape index (κ2) is 26.3. The van der Waals surface area contributed by atoms with Crippen molar-refractivity contribution >= 4 is 5.69 Å². The molecule has 0 N–H and O–H groups in total. The van der Waals surface area contributed by atoms with Crippen LogP contribution in [-0.2, 0) is 25.9 Å². The van der Waals surface area contributed by atoms with Crippen LogP contribution in [0.1, 0.15) is 96.0 Å². The third-order valence-electron chi connectivity index (χ3n) is 6.56. The van der Waals surface area contributed by atoms with Gasteiger partial charge < -0.3 is 4.90 Å². The SMILES string of the molecule is C/C=C\C=C/C.CC.CC=C/C=C\CCC.CCc1cccc(N2Cc3ccccc3C2)c1.CCc1ccccc1C. The Kier molecular flexibility index (Phi) is 24.1. The predicted octanol–water partition coefficient (Wildman–Crippen LogP) is 12.4. The van der Waals surface area contributed by atoms with Gasteiger partial charge in [-0.15, -0.1) is 0 Å². The van der Waals surface area contributed by atoms with Gasteiger partial charge in [0, 0.05) is 18.8 Å².